The zero-order chi connectivity index (χ0) is 9.84. The maximum absolute atomic E-state index is 11.4. The third-order valence-corrected chi connectivity index (χ3v) is 3.20. The lowest BCUT2D eigenvalue weighted by molar-refractivity contribution is 0.0954. The average molecular weight is 327 g/mol. The predicted octanol–water partition coefficient (Wildman–Crippen LogP) is 3.02. The first-order chi connectivity index (χ1) is 6.09. The van der Waals surface area contributed by atoms with Crippen LogP contribution in [0.2, 0.25) is 0 Å². The minimum Gasteiger partial charge on any atom is -0.351 e. The Bertz CT molecular complexity index is 298. The van der Waals surface area contributed by atoms with Crippen LogP contribution in [-0.4, -0.2) is 17.3 Å². The molecule has 0 aliphatic rings. The molecule has 1 N–H and O–H groups in total. The van der Waals surface area contributed by atoms with E-state index in [-0.39, 0.29) is 5.91 Å². The van der Waals surface area contributed by atoms with E-state index in [4.69, 9.17) is 0 Å². The van der Waals surface area contributed by atoms with E-state index < -0.39 is 0 Å². The number of hydrogen-bond donors (Lipinski definition) is 1. The molecular formula is C8H9Br2NOS. The van der Waals surface area contributed by atoms with E-state index in [1.807, 2.05) is 18.4 Å². The highest BCUT2D eigenvalue weighted by atomic mass is 79.9. The lowest BCUT2D eigenvalue weighted by Crippen LogP contribution is -2.27. The van der Waals surface area contributed by atoms with Crippen molar-refractivity contribution < 1.29 is 4.79 Å². The van der Waals surface area contributed by atoms with Gasteiger partial charge in [-0.1, -0.05) is 22.9 Å². The second kappa shape index (κ2) is 5.12. The van der Waals surface area contributed by atoms with Crippen molar-refractivity contribution in [1.29, 1.82) is 0 Å². The second-order valence-electron chi connectivity index (χ2n) is 2.63. The SMILES string of the molecule is CC(Br)CNC(=O)c1csc(Br)c1. The molecule has 1 unspecified atom stereocenters. The molecule has 1 aromatic heterocycles. The van der Waals surface area contributed by atoms with Gasteiger partial charge in [0.05, 0.1) is 9.35 Å². The van der Waals surface area contributed by atoms with Crippen LogP contribution in [0.4, 0.5) is 0 Å². The fourth-order valence-corrected chi connectivity index (χ4v) is 2.06. The van der Waals surface area contributed by atoms with Crippen LogP contribution in [0.1, 0.15) is 17.3 Å². The molecule has 1 amide bonds. The number of alkyl halides is 1. The normalized spacial score (nSPS) is 12.5. The van der Waals surface area contributed by atoms with Crippen molar-refractivity contribution in [2.24, 2.45) is 0 Å². The second-order valence-corrected chi connectivity index (χ2v) is 6.48. The average Bonchev–Trinajstić information content (AvgIpc) is 2.47. The van der Waals surface area contributed by atoms with Gasteiger partial charge in [0.15, 0.2) is 0 Å². The van der Waals surface area contributed by atoms with Gasteiger partial charge in [-0.2, -0.15) is 0 Å². The van der Waals surface area contributed by atoms with Gasteiger partial charge in [-0.25, -0.2) is 0 Å². The van der Waals surface area contributed by atoms with Crippen molar-refractivity contribution in [3.8, 4) is 0 Å². The molecule has 2 nitrogen and oxygen atoms in total. The zero-order valence-electron chi connectivity index (χ0n) is 7.01. The number of carbonyl (C=O) groups is 1. The maximum atomic E-state index is 11.4. The first-order valence-corrected chi connectivity index (χ1v) is 6.34. The highest BCUT2D eigenvalue weighted by Crippen LogP contribution is 2.20. The first-order valence-electron chi connectivity index (χ1n) is 3.76. The molecule has 13 heavy (non-hydrogen) atoms. The Morgan fingerprint density at radius 3 is 2.92 bits per heavy atom. The van der Waals surface area contributed by atoms with E-state index >= 15 is 0 Å². The molecule has 0 saturated heterocycles. The third kappa shape index (κ3) is 3.79. The minimum atomic E-state index is -0.0201. The van der Waals surface area contributed by atoms with Crippen LogP contribution in [-0.2, 0) is 0 Å². The molecule has 1 heterocycles. The van der Waals surface area contributed by atoms with Crippen molar-refractivity contribution in [1.82, 2.24) is 5.32 Å². The van der Waals surface area contributed by atoms with Gasteiger partial charge in [-0.3, -0.25) is 4.79 Å². The Morgan fingerprint density at radius 2 is 2.46 bits per heavy atom. The number of thiophene rings is 1. The molecule has 0 aromatic carbocycles. The highest BCUT2D eigenvalue weighted by molar-refractivity contribution is 9.11. The van der Waals surface area contributed by atoms with Crippen LogP contribution >= 0.6 is 43.2 Å². The Balaban J connectivity index is 2.49. The monoisotopic (exact) mass is 325 g/mol. The number of amides is 1. The summed E-state index contributed by atoms with van der Waals surface area (Å²) in [4.78, 5) is 11.7. The van der Waals surface area contributed by atoms with E-state index in [0.717, 1.165) is 3.79 Å². The predicted molar refractivity (Wildman–Crippen MR) is 62.7 cm³/mol. The van der Waals surface area contributed by atoms with Crippen LogP contribution in [0.5, 0.6) is 0 Å². The van der Waals surface area contributed by atoms with Gasteiger partial charge in [0.25, 0.3) is 5.91 Å². The summed E-state index contributed by atoms with van der Waals surface area (Å²) < 4.78 is 0.976. The quantitative estimate of drug-likeness (QED) is 0.850. The molecule has 5 heteroatoms. The Kier molecular flexibility index (Phi) is 4.41. The molecule has 0 fully saturated rings. The first kappa shape index (κ1) is 11.2. The number of nitrogens with one attached hydrogen (secondary N) is 1. The fraction of sp³-hybridized carbons (Fsp3) is 0.375. The Labute approximate surface area is 98.0 Å². The molecule has 0 saturated carbocycles. The van der Waals surface area contributed by atoms with Crippen molar-refractivity contribution in [2.45, 2.75) is 11.8 Å². The van der Waals surface area contributed by atoms with E-state index in [1.54, 1.807) is 0 Å². The summed E-state index contributed by atoms with van der Waals surface area (Å²) in [7, 11) is 0. The van der Waals surface area contributed by atoms with E-state index in [2.05, 4.69) is 37.2 Å². The summed E-state index contributed by atoms with van der Waals surface area (Å²) in [5.41, 5.74) is 0.713. The Morgan fingerprint density at radius 1 is 1.77 bits per heavy atom. The van der Waals surface area contributed by atoms with Crippen molar-refractivity contribution in [2.75, 3.05) is 6.54 Å². The van der Waals surface area contributed by atoms with Gasteiger partial charge in [0.1, 0.15) is 0 Å². The number of hydrogen-bond acceptors (Lipinski definition) is 2. The Hall–Kier alpha value is 0.130. The van der Waals surface area contributed by atoms with Crippen molar-refractivity contribution in [3.63, 3.8) is 0 Å². The van der Waals surface area contributed by atoms with E-state index in [9.17, 15) is 4.79 Å². The van der Waals surface area contributed by atoms with Gasteiger partial charge >= 0.3 is 0 Å². The number of rotatable bonds is 3. The van der Waals surface area contributed by atoms with Gasteiger partial charge in [0.2, 0.25) is 0 Å². The molecule has 0 aliphatic heterocycles. The topological polar surface area (TPSA) is 29.1 Å². The molecule has 1 atom stereocenters. The van der Waals surface area contributed by atoms with Crippen LogP contribution in [0.3, 0.4) is 0 Å². The summed E-state index contributed by atoms with van der Waals surface area (Å²) in [6.45, 7) is 2.64. The molecule has 1 rings (SSSR count). The zero-order valence-corrected chi connectivity index (χ0v) is 11.0. The van der Waals surface area contributed by atoms with Gasteiger partial charge < -0.3 is 5.32 Å². The smallest absolute Gasteiger partial charge is 0.252 e. The number of halogens is 2. The highest BCUT2D eigenvalue weighted by Gasteiger charge is 2.07. The summed E-state index contributed by atoms with van der Waals surface area (Å²) in [5.74, 6) is -0.0201. The van der Waals surface area contributed by atoms with Crippen molar-refractivity contribution >= 4 is 49.1 Å². The van der Waals surface area contributed by atoms with Crippen LogP contribution < -0.4 is 5.32 Å². The van der Waals surface area contributed by atoms with Crippen LogP contribution in [0, 0.1) is 0 Å². The van der Waals surface area contributed by atoms with Gasteiger partial charge in [0, 0.05) is 16.8 Å². The lowest BCUT2D eigenvalue weighted by Gasteiger charge is -2.04. The van der Waals surface area contributed by atoms with Crippen LogP contribution in [0.25, 0.3) is 0 Å². The van der Waals surface area contributed by atoms with Gasteiger partial charge in [-0.05, 0) is 22.0 Å². The molecule has 0 aliphatic carbocycles. The molecule has 1 aromatic rings. The molecule has 0 spiro atoms. The van der Waals surface area contributed by atoms with Crippen molar-refractivity contribution in [3.05, 3.63) is 20.8 Å². The lowest BCUT2D eigenvalue weighted by atomic mass is 10.3. The molecule has 0 bridgehead atoms. The third-order valence-electron chi connectivity index (χ3n) is 1.37. The van der Waals surface area contributed by atoms with Crippen LogP contribution in [0.15, 0.2) is 15.2 Å². The standard InChI is InChI=1S/C8H9Br2NOS/c1-5(9)3-11-8(12)6-2-7(10)13-4-6/h2,4-5H,3H2,1H3,(H,11,12). The largest absolute Gasteiger partial charge is 0.351 e. The molecule has 72 valence electrons. The summed E-state index contributed by atoms with van der Waals surface area (Å²) >= 11 is 8.18. The van der Waals surface area contributed by atoms with E-state index in [0.29, 0.717) is 16.9 Å². The summed E-state index contributed by atoms with van der Waals surface area (Å²) in [6.07, 6.45) is 0. The van der Waals surface area contributed by atoms with E-state index in [1.165, 1.54) is 11.3 Å². The maximum Gasteiger partial charge on any atom is 0.252 e. The van der Waals surface area contributed by atoms with Gasteiger partial charge in [-0.15, -0.1) is 11.3 Å². The summed E-state index contributed by atoms with van der Waals surface area (Å²) in [6, 6.07) is 1.82. The minimum absolute atomic E-state index is 0.0201. The molecule has 0 radical (unpaired) electrons. The number of carbonyl (C=O) groups excluding carboxylic acids is 1. The molecular weight excluding hydrogens is 318 g/mol. The summed E-state index contributed by atoms with van der Waals surface area (Å²) in [5, 5.41) is 4.64. The fourth-order valence-electron chi connectivity index (χ4n) is 0.765.